The molecule has 0 aliphatic carbocycles. The van der Waals surface area contributed by atoms with Gasteiger partial charge in [0.15, 0.2) is 5.79 Å². The number of esters is 1. The number of hydrogen-bond acceptors (Lipinski definition) is 9. The highest BCUT2D eigenvalue weighted by atomic mass is 16.6. The second-order valence-corrected chi connectivity index (χ2v) is 13.6. The fraction of sp³-hybridized carbons (Fsp3) is 0.743. The summed E-state index contributed by atoms with van der Waals surface area (Å²) in [5.41, 5.74) is 1.78. The molecule has 252 valence electrons. The van der Waals surface area contributed by atoms with E-state index in [1.54, 1.807) is 26.0 Å². The monoisotopic (exact) mass is 622 g/mol. The summed E-state index contributed by atoms with van der Waals surface area (Å²) in [4.78, 5) is 13.5. The molecule has 1 saturated heterocycles. The summed E-state index contributed by atoms with van der Waals surface area (Å²) in [7, 11) is 2.87. The molecule has 0 saturated carbocycles. The number of hydrogen-bond donors (Lipinski definition) is 4. The first-order valence-electron chi connectivity index (χ1n) is 15.9. The minimum absolute atomic E-state index is 0.00492. The Morgan fingerprint density at radius 3 is 2.25 bits per heavy atom. The first kappa shape index (κ1) is 38.2. The highest BCUT2D eigenvalue weighted by Crippen LogP contribution is 2.41. The fourth-order valence-corrected chi connectivity index (χ4v) is 6.54. The van der Waals surface area contributed by atoms with Gasteiger partial charge in [0, 0.05) is 37.2 Å². The summed E-state index contributed by atoms with van der Waals surface area (Å²) in [5, 5.41) is 45.0. The van der Waals surface area contributed by atoms with E-state index in [9.17, 15) is 25.2 Å². The fourth-order valence-electron chi connectivity index (χ4n) is 6.54. The van der Waals surface area contributed by atoms with Crippen LogP contribution in [0.4, 0.5) is 0 Å². The Labute approximate surface area is 264 Å². The van der Waals surface area contributed by atoms with Crippen molar-refractivity contribution in [2.24, 2.45) is 35.5 Å². The van der Waals surface area contributed by atoms with E-state index in [-0.39, 0.29) is 35.9 Å². The van der Waals surface area contributed by atoms with E-state index in [1.807, 2.05) is 66.7 Å². The van der Waals surface area contributed by atoms with Crippen LogP contribution >= 0.6 is 0 Å². The van der Waals surface area contributed by atoms with Crippen molar-refractivity contribution in [3.63, 3.8) is 0 Å². The van der Waals surface area contributed by atoms with Crippen molar-refractivity contribution < 1.29 is 44.2 Å². The number of carbonyl (C=O) groups is 1. The van der Waals surface area contributed by atoms with Gasteiger partial charge in [0.25, 0.3) is 0 Å². The molecule has 12 atom stereocenters. The molecule has 0 spiro atoms. The minimum atomic E-state index is -1.80. The number of aliphatic hydroxyl groups is 4. The molecule has 2 heterocycles. The van der Waals surface area contributed by atoms with Crippen LogP contribution in [-0.2, 0) is 23.7 Å². The zero-order chi connectivity index (χ0) is 33.5. The van der Waals surface area contributed by atoms with Crippen molar-refractivity contribution in [1.29, 1.82) is 0 Å². The molecular formula is C35H58O9. The van der Waals surface area contributed by atoms with Gasteiger partial charge < -0.3 is 39.4 Å². The van der Waals surface area contributed by atoms with Crippen LogP contribution in [0.15, 0.2) is 47.3 Å². The maximum atomic E-state index is 13.5. The van der Waals surface area contributed by atoms with Gasteiger partial charge in [-0.1, -0.05) is 83.9 Å². The van der Waals surface area contributed by atoms with Crippen LogP contribution in [0.1, 0.15) is 75.2 Å². The second-order valence-electron chi connectivity index (χ2n) is 13.6. The van der Waals surface area contributed by atoms with Gasteiger partial charge in [0.2, 0.25) is 5.76 Å². The largest absolute Gasteiger partial charge is 0.490 e. The Hall–Kier alpha value is -2.01. The van der Waals surface area contributed by atoms with Crippen molar-refractivity contribution in [2.45, 2.75) is 118 Å². The highest BCUT2D eigenvalue weighted by molar-refractivity contribution is 5.87. The lowest BCUT2D eigenvalue weighted by molar-refractivity contribution is -0.328. The molecule has 0 aromatic heterocycles. The van der Waals surface area contributed by atoms with Crippen LogP contribution in [0.2, 0.25) is 0 Å². The zero-order valence-electron chi connectivity index (χ0n) is 28.6. The standard InChI is InChI=1S/C35H58O9/c1-19(2)32-24(7)27(36)18-35(40,44-32)26(9)31(38)25(8)33-28(41-10)14-12-13-20(3)15-22(5)30(37)23(6)16-21(4)17-29(42-11)34(39)43-33/h12-14,16-17,19,22-28,30-33,36-38,40H,15,18H2,1-11H3/b14-12+,20-13+,21-16+,29-17+/t22-,23+,24-,25-,26-,27+,28-,30-,31+,32+,33+,35+/m0/s1. The van der Waals surface area contributed by atoms with Gasteiger partial charge >= 0.3 is 5.97 Å². The van der Waals surface area contributed by atoms with Crippen molar-refractivity contribution in [3.8, 4) is 0 Å². The number of methoxy groups -OCH3 is 2. The van der Waals surface area contributed by atoms with E-state index in [0.717, 1.165) is 11.1 Å². The van der Waals surface area contributed by atoms with Gasteiger partial charge in [-0.25, -0.2) is 4.79 Å². The van der Waals surface area contributed by atoms with Gasteiger partial charge in [-0.15, -0.1) is 0 Å². The van der Waals surface area contributed by atoms with E-state index in [4.69, 9.17) is 18.9 Å². The van der Waals surface area contributed by atoms with Gasteiger partial charge in [0.1, 0.15) is 12.2 Å². The molecular weight excluding hydrogens is 564 g/mol. The molecule has 0 aromatic rings. The third kappa shape index (κ3) is 9.50. The van der Waals surface area contributed by atoms with Gasteiger partial charge in [-0.3, -0.25) is 0 Å². The highest BCUT2D eigenvalue weighted by Gasteiger charge is 2.51. The second kappa shape index (κ2) is 16.5. The molecule has 9 nitrogen and oxygen atoms in total. The predicted molar refractivity (Wildman–Crippen MR) is 170 cm³/mol. The van der Waals surface area contributed by atoms with Crippen molar-refractivity contribution >= 4 is 5.97 Å². The lowest BCUT2D eigenvalue weighted by atomic mass is 9.76. The van der Waals surface area contributed by atoms with Crippen LogP contribution in [0.5, 0.6) is 0 Å². The van der Waals surface area contributed by atoms with E-state index >= 15 is 0 Å². The summed E-state index contributed by atoms with van der Waals surface area (Å²) >= 11 is 0. The summed E-state index contributed by atoms with van der Waals surface area (Å²) in [6.45, 7) is 17.0. The lowest BCUT2D eigenvalue weighted by Gasteiger charge is -2.49. The molecule has 2 aliphatic rings. The van der Waals surface area contributed by atoms with Gasteiger partial charge in [0.05, 0.1) is 31.5 Å². The van der Waals surface area contributed by atoms with Crippen molar-refractivity contribution in [2.75, 3.05) is 14.2 Å². The average molecular weight is 623 g/mol. The molecule has 0 aromatic carbocycles. The number of cyclic esters (lactones) is 1. The Kier molecular flexibility index (Phi) is 14.3. The maximum Gasteiger partial charge on any atom is 0.373 e. The molecule has 2 rings (SSSR count). The van der Waals surface area contributed by atoms with Crippen LogP contribution in [0.25, 0.3) is 0 Å². The Morgan fingerprint density at radius 1 is 1.05 bits per heavy atom. The number of rotatable bonds is 7. The Morgan fingerprint density at radius 2 is 1.68 bits per heavy atom. The van der Waals surface area contributed by atoms with Crippen LogP contribution in [0.3, 0.4) is 0 Å². The van der Waals surface area contributed by atoms with E-state index in [0.29, 0.717) is 6.42 Å². The number of ether oxygens (including phenoxy) is 4. The minimum Gasteiger partial charge on any atom is -0.490 e. The van der Waals surface area contributed by atoms with E-state index < -0.39 is 60.2 Å². The SMILES string of the molecule is CO/C1=C/C(C)=C/[C@@H](C)[C@@H](O)[C@@H](C)C/C(C)=C/C=C/[C@H](OC)[C@@H]([C@@H](C)[C@@H](O)[C@H](C)[C@@]2(O)C[C@@H](O)[C@H](C)[C@@H](C(C)C)O2)OC1=O. The van der Waals surface area contributed by atoms with Crippen molar-refractivity contribution in [1.82, 2.24) is 0 Å². The van der Waals surface area contributed by atoms with E-state index in [2.05, 4.69) is 0 Å². The quantitative estimate of drug-likeness (QED) is 0.298. The molecule has 1 fully saturated rings. The summed E-state index contributed by atoms with van der Waals surface area (Å²) in [5.74, 6) is -4.49. The third-order valence-corrected chi connectivity index (χ3v) is 9.50. The number of aliphatic hydroxyl groups excluding tert-OH is 3. The smallest absolute Gasteiger partial charge is 0.373 e. The molecule has 44 heavy (non-hydrogen) atoms. The molecule has 2 aliphatic heterocycles. The molecule has 0 amide bonds. The molecule has 0 unspecified atom stereocenters. The van der Waals surface area contributed by atoms with Crippen molar-refractivity contribution in [3.05, 3.63) is 47.3 Å². The topological polar surface area (TPSA) is 135 Å². The van der Waals surface area contributed by atoms with Gasteiger partial charge in [-0.05, 0) is 38.2 Å². The first-order chi connectivity index (χ1) is 20.5. The maximum absolute atomic E-state index is 13.5. The molecule has 0 radical (unpaired) electrons. The predicted octanol–water partition coefficient (Wildman–Crippen LogP) is 4.69. The average Bonchev–Trinajstić information content (AvgIpc) is 2.96. The normalized spacial score (nSPS) is 41.2. The van der Waals surface area contributed by atoms with Crippen LogP contribution in [-0.4, -0.2) is 83.0 Å². The summed E-state index contributed by atoms with van der Waals surface area (Å²) in [6.07, 6.45) is 4.85. The third-order valence-electron chi connectivity index (χ3n) is 9.50. The van der Waals surface area contributed by atoms with Crippen LogP contribution < -0.4 is 0 Å². The van der Waals surface area contributed by atoms with E-state index in [1.165, 1.54) is 14.2 Å². The molecule has 4 N–H and O–H groups in total. The Balaban J connectivity index is 2.52. The first-order valence-corrected chi connectivity index (χ1v) is 15.9. The number of carbonyl (C=O) groups excluding carboxylic acids is 1. The van der Waals surface area contributed by atoms with Crippen LogP contribution in [0, 0.1) is 35.5 Å². The zero-order valence-corrected chi connectivity index (χ0v) is 28.6. The van der Waals surface area contributed by atoms with Gasteiger partial charge in [-0.2, -0.15) is 0 Å². The molecule has 0 bridgehead atoms. The summed E-state index contributed by atoms with van der Waals surface area (Å²) in [6, 6.07) is 0. The Bertz CT molecular complexity index is 1060. The number of allylic oxidation sites excluding steroid dienone is 5. The summed E-state index contributed by atoms with van der Waals surface area (Å²) < 4.78 is 23.4. The lowest BCUT2D eigenvalue weighted by Crippen LogP contribution is -2.59. The molecule has 9 heteroatoms.